The zero-order valence-electron chi connectivity index (χ0n) is 9.75. The van der Waals surface area contributed by atoms with Gasteiger partial charge in [0.15, 0.2) is 11.5 Å². The fraction of sp³-hybridized carbons (Fsp3) is 0.400. The van der Waals surface area contributed by atoms with Crippen LogP contribution in [0.15, 0.2) is 18.2 Å². The van der Waals surface area contributed by atoms with Gasteiger partial charge in [0, 0.05) is 12.6 Å². The summed E-state index contributed by atoms with van der Waals surface area (Å²) in [6, 6.07) is 4.86. The van der Waals surface area contributed by atoms with Gasteiger partial charge in [0.05, 0.1) is 11.9 Å². The molecule has 0 amide bonds. The molecule has 0 saturated carbocycles. The monoisotopic (exact) mass is 294 g/mol. The van der Waals surface area contributed by atoms with E-state index in [9.17, 15) is 8.42 Å². The average Bonchev–Trinajstić information content (AvgIpc) is 2.26. The van der Waals surface area contributed by atoms with Gasteiger partial charge in [-0.25, -0.2) is 8.42 Å². The minimum Gasteiger partial charge on any atom is -0.486 e. The molecule has 0 aliphatic carbocycles. The van der Waals surface area contributed by atoms with Crippen LogP contribution in [0.2, 0.25) is 0 Å². The molecule has 2 rings (SSSR count). The van der Waals surface area contributed by atoms with Crippen LogP contribution >= 0.6 is 12.4 Å². The van der Waals surface area contributed by atoms with Crippen molar-refractivity contribution in [3.8, 4) is 11.5 Å². The standard InChI is InChI=1S/C10H14N2O4S.ClH/c1-17(13,14)12-7-2-3-9-10(4-7)16-8(5-11)6-15-9;/h2-4,8,12H,5-6,11H2,1H3;1H. The molecular formula is C10H15ClN2O4S. The fourth-order valence-corrected chi connectivity index (χ4v) is 2.06. The number of ether oxygens (including phenoxy) is 2. The first kappa shape index (κ1) is 14.9. The second kappa shape index (κ2) is 5.64. The van der Waals surface area contributed by atoms with E-state index in [1.165, 1.54) is 0 Å². The molecule has 18 heavy (non-hydrogen) atoms. The Balaban J connectivity index is 0.00000162. The second-order valence-corrected chi connectivity index (χ2v) is 5.57. The van der Waals surface area contributed by atoms with Crippen molar-refractivity contribution in [2.24, 2.45) is 5.73 Å². The predicted molar refractivity (Wildman–Crippen MR) is 71.1 cm³/mol. The molecular weight excluding hydrogens is 280 g/mol. The Morgan fingerprint density at radius 2 is 2.17 bits per heavy atom. The summed E-state index contributed by atoms with van der Waals surface area (Å²) in [5.74, 6) is 1.09. The van der Waals surface area contributed by atoms with Gasteiger partial charge in [-0.1, -0.05) is 0 Å². The number of nitrogens with two attached hydrogens (primary N) is 1. The Morgan fingerprint density at radius 1 is 1.44 bits per heavy atom. The van der Waals surface area contributed by atoms with Gasteiger partial charge in [0.25, 0.3) is 0 Å². The van der Waals surface area contributed by atoms with Gasteiger partial charge in [0.2, 0.25) is 10.0 Å². The van der Waals surface area contributed by atoms with E-state index in [-0.39, 0.29) is 18.5 Å². The molecule has 1 unspecified atom stereocenters. The third-order valence-corrected chi connectivity index (χ3v) is 2.83. The quantitative estimate of drug-likeness (QED) is 0.851. The van der Waals surface area contributed by atoms with E-state index in [1.807, 2.05) is 0 Å². The Labute approximate surface area is 112 Å². The van der Waals surface area contributed by atoms with Crippen LogP contribution in [0.4, 0.5) is 5.69 Å². The largest absolute Gasteiger partial charge is 0.486 e. The third-order valence-electron chi connectivity index (χ3n) is 2.23. The molecule has 0 bridgehead atoms. The number of nitrogens with one attached hydrogen (secondary N) is 1. The lowest BCUT2D eigenvalue weighted by Gasteiger charge is -2.25. The highest BCUT2D eigenvalue weighted by Crippen LogP contribution is 2.34. The van der Waals surface area contributed by atoms with Crippen molar-refractivity contribution >= 4 is 28.1 Å². The minimum atomic E-state index is -3.29. The van der Waals surface area contributed by atoms with Gasteiger partial charge in [-0.3, -0.25) is 4.72 Å². The van der Waals surface area contributed by atoms with Crippen LogP contribution in [0, 0.1) is 0 Å². The average molecular weight is 295 g/mol. The second-order valence-electron chi connectivity index (χ2n) is 3.82. The van der Waals surface area contributed by atoms with E-state index in [4.69, 9.17) is 15.2 Å². The molecule has 0 radical (unpaired) electrons. The van der Waals surface area contributed by atoms with E-state index in [0.717, 1.165) is 6.26 Å². The maximum absolute atomic E-state index is 11.1. The normalized spacial score (nSPS) is 17.8. The molecule has 0 saturated heterocycles. The van der Waals surface area contributed by atoms with Crippen LogP contribution in [0.5, 0.6) is 11.5 Å². The van der Waals surface area contributed by atoms with Crippen LogP contribution < -0.4 is 19.9 Å². The Hall–Kier alpha value is -1.18. The summed E-state index contributed by atoms with van der Waals surface area (Å²) in [5, 5.41) is 0. The molecule has 0 spiro atoms. The molecule has 3 N–H and O–H groups in total. The number of rotatable bonds is 3. The number of fused-ring (bicyclic) bond motifs is 1. The van der Waals surface area contributed by atoms with E-state index in [2.05, 4.69) is 4.72 Å². The van der Waals surface area contributed by atoms with Gasteiger partial charge in [-0.05, 0) is 12.1 Å². The maximum atomic E-state index is 11.1. The number of hydrogen-bond donors (Lipinski definition) is 2. The topological polar surface area (TPSA) is 90.7 Å². The first-order chi connectivity index (χ1) is 7.98. The Morgan fingerprint density at radius 3 is 2.78 bits per heavy atom. The number of benzene rings is 1. The van der Waals surface area contributed by atoms with Crippen LogP contribution in [0.1, 0.15) is 0 Å². The van der Waals surface area contributed by atoms with Gasteiger partial charge in [-0.2, -0.15) is 0 Å². The Bertz CT molecular complexity index is 521. The highest BCUT2D eigenvalue weighted by Gasteiger charge is 2.20. The molecule has 102 valence electrons. The lowest BCUT2D eigenvalue weighted by Crippen LogP contribution is -2.35. The smallest absolute Gasteiger partial charge is 0.229 e. The third kappa shape index (κ3) is 3.66. The van der Waals surface area contributed by atoms with Crippen molar-refractivity contribution < 1.29 is 17.9 Å². The van der Waals surface area contributed by atoms with E-state index >= 15 is 0 Å². The van der Waals surface area contributed by atoms with Crippen molar-refractivity contribution in [1.29, 1.82) is 0 Å². The zero-order chi connectivity index (χ0) is 12.5. The summed E-state index contributed by atoms with van der Waals surface area (Å²) in [6.07, 6.45) is 0.892. The molecule has 1 aliphatic rings. The summed E-state index contributed by atoms with van der Waals surface area (Å²) in [5.41, 5.74) is 5.92. The van der Waals surface area contributed by atoms with Gasteiger partial charge in [-0.15, -0.1) is 12.4 Å². The molecule has 8 heteroatoms. The van der Waals surface area contributed by atoms with E-state index < -0.39 is 10.0 Å². The van der Waals surface area contributed by atoms with Crippen LogP contribution in [-0.4, -0.2) is 33.9 Å². The summed E-state index contributed by atoms with van der Waals surface area (Å²) >= 11 is 0. The Kier molecular flexibility index (Phi) is 4.66. The van der Waals surface area contributed by atoms with Gasteiger partial charge < -0.3 is 15.2 Å². The fourth-order valence-electron chi connectivity index (χ4n) is 1.51. The molecule has 1 atom stereocenters. The van der Waals surface area contributed by atoms with Crippen molar-refractivity contribution in [3.63, 3.8) is 0 Å². The van der Waals surface area contributed by atoms with Crippen LogP contribution in [0.25, 0.3) is 0 Å². The van der Waals surface area contributed by atoms with Gasteiger partial charge >= 0.3 is 0 Å². The molecule has 6 nitrogen and oxygen atoms in total. The summed E-state index contributed by atoms with van der Waals surface area (Å²) in [4.78, 5) is 0. The molecule has 1 heterocycles. The molecule has 0 aromatic heterocycles. The van der Waals surface area contributed by atoms with Crippen LogP contribution in [0.3, 0.4) is 0 Å². The minimum absolute atomic E-state index is 0. The SMILES string of the molecule is CS(=O)(=O)Nc1ccc2c(c1)OC(CN)CO2.Cl. The number of hydrogen-bond acceptors (Lipinski definition) is 5. The first-order valence-corrected chi connectivity index (χ1v) is 6.98. The van der Waals surface area contributed by atoms with Crippen molar-refractivity contribution in [1.82, 2.24) is 0 Å². The van der Waals surface area contributed by atoms with Crippen molar-refractivity contribution in [2.45, 2.75) is 6.10 Å². The highest BCUT2D eigenvalue weighted by atomic mass is 35.5. The molecule has 0 fully saturated rings. The lowest BCUT2D eigenvalue weighted by atomic mass is 10.2. The number of anilines is 1. The van der Waals surface area contributed by atoms with E-state index in [1.54, 1.807) is 18.2 Å². The predicted octanol–water partition coefficient (Wildman–Crippen LogP) is 0.578. The highest BCUT2D eigenvalue weighted by molar-refractivity contribution is 7.92. The van der Waals surface area contributed by atoms with E-state index in [0.29, 0.717) is 30.3 Å². The summed E-state index contributed by atoms with van der Waals surface area (Å²) < 4.78 is 35.5. The zero-order valence-corrected chi connectivity index (χ0v) is 11.4. The van der Waals surface area contributed by atoms with Crippen molar-refractivity contribution in [2.75, 3.05) is 24.1 Å². The van der Waals surface area contributed by atoms with Gasteiger partial charge in [0.1, 0.15) is 12.7 Å². The van der Waals surface area contributed by atoms with Crippen LogP contribution in [-0.2, 0) is 10.0 Å². The number of halogens is 1. The maximum Gasteiger partial charge on any atom is 0.229 e. The molecule has 1 aliphatic heterocycles. The lowest BCUT2D eigenvalue weighted by molar-refractivity contribution is 0.0970. The summed E-state index contributed by atoms with van der Waals surface area (Å²) in [6.45, 7) is 0.755. The molecule has 1 aromatic rings. The number of sulfonamides is 1. The van der Waals surface area contributed by atoms with Crippen molar-refractivity contribution in [3.05, 3.63) is 18.2 Å². The first-order valence-electron chi connectivity index (χ1n) is 5.09. The molecule has 1 aromatic carbocycles. The summed E-state index contributed by atoms with van der Waals surface area (Å²) in [7, 11) is -3.29.